The number of carbonyl (C=O) groups is 1. The number of aromatic carboxylic acids is 1. The number of pyridine rings is 1. The number of carboxylic acid groups (broad SMARTS) is 1. The van der Waals surface area contributed by atoms with E-state index in [9.17, 15) is 9.59 Å². The largest absolute Gasteiger partial charge is 0.477 e. The molecule has 0 aliphatic carbocycles. The Bertz CT molecular complexity index is 899. The van der Waals surface area contributed by atoms with Crippen molar-refractivity contribution in [2.45, 2.75) is 13.5 Å². The molecular weight excluding hydrogens is 258 g/mol. The zero-order chi connectivity index (χ0) is 14.3. The maximum Gasteiger partial charge on any atom is 0.341 e. The number of rotatable bonds is 2. The molecule has 0 aliphatic rings. The van der Waals surface area contributed by atoms with Crippen LogP contribution in [-0.4, -0.2) is 25.6 Å². The van der Waals surface area contributed by atoms with Crippen molar-refractivity contribution >= 4 is 27.9 Å². The van der Waals surface area contributed by atoms with Gasteiger partial charge in [0.2, 0.25) is 5.43 Å². The molecule has 0 bridgehead atoms. The van der Waals surface area contributed by atoms with E-state index in [0.717, 1.165) is 0 Å². The lowest BCUT2D eigenvalue weighted by atomic mass is 10.1. The third-order valence-electron chi connectivity index (χ3n) is 3.25. The monoisotopic (exact) mass is 269 g/mol. The van der Waals surface area contributed by atoms with Crippen LogP contribution in [0.1, 0.15) is 17.3 Å². The number of nitrogens with zero attached hydrogens (tertiary/aromatic N) is 3. The molecule has 0 saturated heterocycles. The van der Waals surface area contributed by atoms with Crippen molar-refractivity contribution in [3.63, 3.8) is 0 Å². The molecule has 3 rings (SSSR count). The number of aromatic nitrogens is 3. The molecule has 0 atom stereocenters. The first-order chi connectivity index (χ1) is 9.63. The van der Waals surface area contributed by atoms with Gasteiger partial charge < -0.3 is 9.67 Å². The summed E-state index contributed by atoms with van der Waals surface area (Å²) in [6.07, 6.45) is 4.49. The number of carboxylic acids is 1. The minimum atomic E-state index is -1.22. The molecule has 0 fully saturated rings. The van der Waals surface area contributed by atoms with Gasteiger partial charge in [0.05, 0.1) is 11.0 Å². The third-order valence-corrected chi connectivity index (χ3v) is 3.25. The van der Waals surface area contributed by atoms with Crippen molar-refractivity contribution in [1.29, 1.82) is 0 Å². The Morgan fingerprint density at radius 1 is 1.30 bits per heavy atom. The maximum atomic E-state index is 12.2. The summed E-state index contributed by atoms with van der Waals surface area (Å²) in [6, 6.07) is 3.28. The lowest BCUT2D eigenvalue weighted by Gasteiger charge is -2.11. The van der Waals surface area contributed by atoms with Gasteiger partial charge in [0, 0.05) is 30.5 Å². The van der Waals surface area contributed by atoms with E-state index in [-0.39, 0.29) is 5.56 Å². The Hall–Kier alpha value is -2.76. The Labute approximate surface area is 113 Å². The highest BCUT2D eigenvalue weighted by Crippen LogP contribution is 2.20. The van der Waals surface area contributed by atoms with Gasteiger partial charge in [-0.25, -0.2) is 4.79 Å². The van der Waals surface area contributed by atoms with Gasteiger partial charge in [-0.1, -0.05) is 0 Å². The van der Waals surface area contributed by atoms with E-state index in [2.05, 4.69) is 9.97 Å². The van der Waals surface area contributed by atoms with Crippen molar-refractivity contribution in [1.82, 2.24) is 14.5 Å². The molecule has 0 saturated carbocycles. The van der Waals surface area contributed by atoms with Crippen LogP contribution in [0.2, 0.25) is 0 Å². The molecule has 1 N–H and O–H groups in total. The number of fused-ring (bicyclic) bond motifs is 3. The van der Waals surface area contributed by atoms with Crippen LogP contribution in [0.5, 0.6) is 0 Å². The summed E-state index contributed by atoms with van der Waals surface area (Å²) in [5.74, 6) is -1.22. The van der Waals surface area contributed by atoms with E-state index < -0.39 is 11.4 Å². The SMILES string of the molecule is CCn1cc(C(=O)O)c(=O)c2ccc3nccnc3c21. The van der Waals surface area contributed by atoms with Gasteiger partial charge in [-0.2, -0.15) is 0 Å². The molecule has 0 amide bonds. The van der Waals surface area contributed by atoms with E-state index in [1.165, 1.54) is 6.20 Å². The van der Waals surface area contributed by atoms with E-state index in [4.69, 9.17) is 5.11 Å². The van der Waals surface area contributed by atoms with Crippen LogP contribution in [0.3, 0.4) is 0 Å². The van der Waals surface area contributed by atoms with E-state index in [1.54, 1.807) is 29.1 Å². The summed E-state index contributed by atoms with van der Waals surface area (Å²) in [5.41, 5.74) is 1.16. The summed E-state index contributed by atoms with van der Waals surface area (Å²) in [6.45, 7) is 2.41. The summed E-state index contributed by atoms with van der Waals surface area (Å²) >= 11 is 0. The highest BCUT2D eigenvalue weighted by molar-refractivity contribution is 6.03. The molecule has 2 heterocycles. The van der Waals surface area contributed by atoms with Crippen LogP contribution in [0.15, 0.2) is 35.5 Å². The highest BCUT2D eigenvalue weighted by atomic mass is 16.4. The standard InChI is InChI=1S/C14H11N3O3/c1-2-17-7-9(14(19)20)13(18)8-3-4-10-11(12(8)17)16-6-5-15-10/h3-7H,2H2,1H3,(H,19,20). The zero-order valence-corrected chi connectivity index (χ0v) is 10.7. The molecule has 1 aromatic carbocycles. The molecular formula is C14H11N3O3. The normalized spacial score (nSPS) is 11.1. The quantitative estimate of drug-likeness (QED) is 0.715. The van der Waals surface area contributed by atoms with Gasteiger partial charge in [0.15, 0.2) is 0 Å². The maximum absolute atomic E-state index is 12.2. The third kappa shape index (κ3) is 1.65. The van der Waals surface area contributed by atoms with Gasteiger partial charge in [0.25, 0.3) is 0 Å². The number of hydrogen-bond acceptors (Lipinski definition) is 4. The van der Waals surface area contributed by atoms with E-state index in [0.29, 0.717) is 28.5 Å². The minimum absolute atomic E-state index is 0.234. The predicted octanol–water partition coefficient (Wildman–Crippen LogP) is 1.66. The number of benzene rings is 1. The van der Waals surface area contributed by atoms with Gasteiger partial charge in [-0.3, -0.25) is 14.8 Å². The first kappa shape index (κ1) is 12.3. The number of aryl methyl sites for hydroxylation is 1. The Kier molecular flexibility index (Phi) is 2.71. The van der Waals surface area contributed by atoms with Gasteiger partial charge in [-0.15, -0.1) is 0 Å². The average molecular weight is 269 g/mol. The van der Waals surface area contributed by atoms with Gasteiger partial charge in [-0.05, 0) is 19.1 Å². The smallest absolute Gasteiger partial charge is 0.341 e. The fraction of sp³-hybridized carbons (Fsp3) is 0.143. The summed E-state index contributed by atoms with van der Waals surface area (Å²) < 4.78 is 1.72. The van der Waals surface area contributed by atoms with Crippen LogP contribution in [0.25, 0.3) is 21.9 Å². The molecule has 0 unspecified atom stereocenters. The number of hydrogen-bond donors (Lipinski definition) is 1. The van der Waals surface area contributed by atoms with Crippen LogP contribution in [-0.2, 0) is 6.54 Å². The van der Waals surface area contributed by atoms with Gasteiger partial charge in [0.1, 0.15) is 11.1 Å². The molecule has 100 valence electrons. The molecule has 0 spiro atoms. The Balaban J connectivity index is 2.59. The lowest BCUT2D eigenvalue weighted by molar-refractivity contribution is 0.0695. The van der Waals surface area contributed by atoms with Gasteiger partial charge >= 0.3 is 5.97 Å². The summed E-state index contributed by atoms with van der Waals surface area (Å²) in [7, 11) is 0. The van der Waals surface area contributed by atoms with Crippen LogP contribution in [0, 0.1) is 0 Å². The van der Waals surface area contributed by atoms with Crippen molar-refractivity contribution in [2.75, 3.05) is 0 Å². The molecule has 0 aliphatic heterocycles. The second-order valence-corrected chi connectivity index (χ2v) is 4.35. The van der Waals surface area contributed by atoms with Crippen LogP contribution < -0.4 is 5.43 Å². The first-order valence-electron chi connectivity index (χ1n) is 6.13. The van der Waals surface area contributed by atoms with Crippen molar-refractivity contribution in [3.05, 3.63) is 46.5 Å². The Morgan fingerprint density at radius 2 is 2.05 bits per heavy atom. The second kappa shape index (κ2) is 4.41. The fourth-order valence-electron chi connectivity index (χ4n) is 2.32. The first-order valence-corrected chi connectivity index (χ1v) is 6.13. The molecule has 0 radical (unpaired) electrons. The molecule has 2 aromatic heterocycles. The van der Waals surface area contributed by atoms with Crippen molar-refractivity contribution in [2.24, 2.45) is 0 Å². The van der Waals surface area contributed by atoms with Crippen LogP contribution >= 0.6 is 0 Å². The summed E-state index contributed by atoms with van der Waals surface area (Å²) in [5, 5.41) is 9.46. The average Bonchev–Trinajstić information content (AvgIpc) is 2.47. The molecule has 6 nitrogen and oxygen atoms in total. The molecule has 6 heteroatoms. The zero-order valence-electron chi connectivity index (χ0n) is 10.7. The van der Waals surface area contributed by atoms with Crippen LogP contribution in [0.4, 0.5) is 0 Å². The Morgan fingerprint density at radius 3 is 2.75 bits per heavy atom. The minimum Gasteiger partial charge on any atom is -0.477 e. The highest BCUT2D eigenvalue weighted by Gasteiger charge is 2.16. The second-order valence-electron chi connectivity index (χ2n) is 4.35. The summed E-state index contributed by atoms with van der Waals surface area (Å²) in [4.78, 5) is 31.9. The molecule has 3 aromatic rings. The lowest BCUT2D eigenvalue weighted by Crippen LogP contribution is -2.19. The van der Waals surface area contributed by atoms with E-state index in [1.807, 2.05) is 6.92 Å². The van der Waals surface area contributed by atoms with Crippen molar-refractivity contribution in [3.8, 4) is 0 Å². The predicted molar refractivity (Wildman–Crippen MR) is 73.9 cm³/mol. The fourth-order valence-corrected chi connectivity index (χ4v) is 2.32. The van der Waals surface area contributed by atoms with Crippen molar-refractivity contribution < 1.29 is 9.90 Å². The topological polar surface area (TPSA) is 85.1 Å². The van der Waals surface area contributed by atoms with E-state index >= 15 is 0 Å². The molecule has 20 heavy (non-hydrogen) atoms.